The van der Waals surface area contributed by atoms with Gasteiger partial charge in [-0.2, -0.15) is 0 Å². The van der Waals surface area contributed by atoms with E-state index in [2.05, 4.69) is 16.0 Å². The Morgan fingerprint density at radius 2 is 1.54 bits per heavy atom. The van der Waals surface area contributed by atoms with Crippen molar-refractivity contribution in [2.24, 2.45) is 0 Å². The molecule has 0 aliphatic rings. The molecule has 7 nitrogen and oxygen atoms in total. The molecule has 2 aromatic rings. The van der Waals surface area contributed by atoms with Crippen LogP contribution in [-0.2, 0) is 4.74 Å². The summed E-state index contributed by atoms with van der Waals surface area (Å²) in [5.74, 6) is 0.181. The van der Waals surface area contributed by atoms with Crippen LogP contribution in [-0.4, -0.2) is 43.8 Å². The van der Waals surface area contributed by atoms with Crippen molar-refractivity contribution in [1.29, 1.82) is 0 Å². The van der Waals surface area contributed by atoms with Gasteiger partial charge in [0.2, 0.25) is 0 Å². The standard InChI is InChI=1S/C20H23N3O4S/c1-3-21-18(24)14-4-8-16(9-5-14)22-20(28)23-19(25)15-6-10-17(11-7-15)27-13-12-26-2/h4-11H,3,12-13H2,1-2H3,(H,21,24)(H2,22,23,25,28). The van der Waals surface area contributed by atoms with Crippen LogP contribution in [0.3, 0.4) is 0 Å². The van der Waals surface area contributed by atoms with Crippen molar-refractivity contribution in [1.82, 2.24) is 10.6 Å². The zero-order valence-electron chi connectivity index (χ0n) is 15.8. The van der Waals surface area contributed by atoms with Crippen molar-refractivity contribution in [3.05, 3.63) is 59.7 Å². The molecule has 0 atom stereocenters. The quantitative estimate of drug-likeness (QED) is 0.465. The van der Waals surface area contributed by atoms with Crippen molar-refractivity contribution in [3.63, 3.8) is 0 Å². The third kappa shape index (κ3) is 6.64. The molecule has 0 aliphatic carbocycles. The molecule has 0 bridgehead atoms. The molecule has 2 rings (SSSR count). The van der Waals surface area contributed by atoms with E-state index in [0.29, 0.717) is 42.3 Å². The molecular weight excluding hydrogens is 378 g/mol. The summed E-state index contributed by atoms with van der Waals surface area (Å²) < 4.78 is 10.4. The summed E-state index contributed by atoms with van der Waals surface area (Å²) in [6.07, 6.45) is 0. The van der Waals surface area contributed by atoms with Gasteiger partial charge >= 0.3 is 0 Å². The highest BCUT2D eigenvalue weighted by Gasteiger charge is 2.09. The molecule has 0 heterocycles. The summed E-state index contributed by atoms with van der Waals surface area (Å²) in [6.45, 7) is 3.35. The van der Waals surface area contributed by atoms with Crippen molar-refractivity contribution in [3.8, 4) is 5.75 Å². The molecule has 2 amide bonds. The highest BCUT2D eigenvalue weighted by atomic mass is 32.1. The molecular formula is C20H23N3O4S. The SMILES string of the molecule is CCNC(=O)c1ccc(NC(=S)NC(=O)c2ccc(OCCOC)cc2)cc1. The summed E-state index contributed by atoms with van der Waals surface area (Å²) in [5, 5.41) is 8.42. The van der Waals surface area contributed by atoms with Gasteiger partial charge in [0.05, 0.1) is 6.61 Å². The highest BCUT2D eigenvalue weighted by Crippen LogP contribution is 2.13. The van der Waals surface area contributed by atoms with Gasteiger partial charge in [-0.25, -0.2) is 0 Å². The molecule has 2 aromatic carbocycles. The van der Waals surface area contributed by atoms with E-state index >= 15 is 0 Å². The Morgan fingerprint density at radius 1 is 0.929 bits per heavy atom. The van der Waals surface area contributed by atoms with E-state index < -0.39 is 0 Å². The first-order valence-electron chi connectivity index (χ1n) is 8.76. The number of nitrogens with one attached hydrogen (secondary N) is 3. The lowest BCUT2D eigenvalue weighted by Crippen LogP contribution is -2.34. The first kappa shape index (κ1) is 21.3. The molecule has 8 heteroatoms. The number of benzene rings is 2. The molecule has 0 unspecified atom stereocenters. The minimum Gasteiger partial charge on any atom is -0.491 e. The zero-order valence-corrected chi connectivity index (χ0v) is 16.6. The largest absolute Gasteiger partial charge is 0.491 e. The second-order valence-corrected chi connectivity index (χ2v) is 6.12. The minimum absolute atomic E-state index is 0.139. The number of rotatable bonds is 8. The van der Waals surface area contributed by atoms with Crippen LogP contribution in [0.2, 0.25) is 0 Å². The van der Waals surface area contributed by atoms with Crippen LogP contribution in [0.1, 0.15) is 27.6 Å². The van der Waals surface area contributed by atoms with E-state index in [-0.39, 0.29) is 16.9 Å². The van der Waals surface area contributed by atoms with Gasteiger partial charge in [-0.1, -0.05) is 0 Å². The van der Waals surface area contributed by atoms with Gasteiger partial charge in [-0.3, -0.25) is 14.9 Å². The van der Waals surface area contributed by atoms with Crippen molar-refractivity contribution < 1.29 is 19.1 Å². The van der Waals surface area contributed by atoms with Gasteiger partial charge in [0, 0.05) is 30.5 Å². The minimum atomic E-state index is -0.333. The molecule has 0 aliphatic heterocycles. The highest BCUT2D eigenvalue weighted by molar-refractivity contribution is 7.80. The fraction of sp³-hybridized carbons (Fsp3) is 0.250. The number of methoxy groups -OCH3 is 1. The number of carbonyl (C=O) groups excluding carboxylic acids is 2. The lowest BCUT2D eigenvalue weighted by Gasteiger charge is -2.11. The maximum absolute atomic E-state index is 12.3. The molecule has 0 fully saturated rings. The van der Waals surface area contributed by atoms with E-state index in [9.17, 15) is 9.59 Å². The first-order valence-corrected chi connectivity index (χ1v) is 9.16. The fourth-order valence-electron chi connectivity index (χ4n) is 2.25. The average molecular weight is 401 g/mol. The van der Waals surface area contributed by atoms with Crippen LogP contribution >= 0.6 is 12.2 Å². The summed E-state index contributed by atoms with van der Waals surface area (Å²) in [7, 11) is 1.60. The number of amides is 2. The maximum Gasteiger partial charge on any atom is 0.257 e. The van der Waals surface area contributed by atoms with Crippen LogP contribution in [0.4, 0.5) is 5.69 Å². The van der Waals surface area contributed by atoms with E-state index in [0.717, 1.165) is 0 Å². The van der Waals surface area contributed by atoms with Crippen LogP contribution in [0.15, 0.2) is 48.5 Å². The third-order valence-corrected chi connectivity index (χ3v) is 3.85. The summed E-state index contributed by atoms with van der Waals surface area (Å²) in [5.41, 5.74) is 1.67. The van der Waals surface area contributed by atoms with Crippen molar-refractivity contribution >= 4 is 34.8 Å². The number of ether oxygens (including phenoxy) is 2. The number of hydrogen-bond acceptors (Lipinski definition) is 5. The lowest BCUT2D eigenvalue weighted by atomic mass is 10.2. The van der Waals surface area contributed by atoms with Crippen LogP contribution in [0, 0.1) is 0 Å². The van der Waals surface area contributed by atoms with Gasteiger partial charge in [0.15, 0.2) is 5.11 Å². The summed E-state index contributed by atoms with van der Waals surface area (Å²) in [6, 6.07) is 13.5. The predicted octanol–water partition coefficient (Wildman–Crippen LogP) is 2.59. The molecule has 28 heavy (non-hydrogen) atoms. The first-order chi connectivity index (χ1) is 13.5. The van der Waals surface area contributed by atoms with E-state index in [4.69, 9.17) is 21.7 Å². The molecule has 0 saturated heterocycles. The normalized spacial score (nSPS) is 10.1. The van der Waals surface area contributed by atoms with Crippen molar-refractivity contribution in [2.75, 3.05) is 32.2 Å². The van der Waals surface area contributed by atoms with Gasteiger partial charge in [-0.05, 0) is 67.7 Å². The van der Waals surface area contributed by atoms with Gasteiger partial charge in [0.25, 0.3) is 11.8 Å². The zero-order chi connectivity index (χ0) is 20.4. The summed E-state index contributed by atoms with van der Waals surface area (Å²) in [4.78, 5) is 24.0. The Hall–Kier alpha value is -2.97. The number of anilines is 1. The van der Waals surface area contributed by atoms with Gasteiger partial charge in [-0.15, -0.1) is 0 Å². The van der Waals surface area contributed by atoms with Crippen LogP contribution < -0.4 is 20.7 Å². The second-order valence-electron chi connectivity index (χ2n) is 5.71. The van der Waals surface area contributed by atoms with Gasteiger partial charge in [0.1, 0.15) is 12.4 Å². The summed E-state index contributed by atoms with van der Waals surface area (Å²) >= 11 is 5.17. The van der Waals surface area contributed by atoms with E-state index in [1.807, 2.05) is 6.92 Å². The van der Waals surface area contributed by atoms with E-state index in [1.54, 1.807) is 55.6 Å². The molecule has 0 radical (unpaired) electrons. The smallest absolute Gasteiger partial charge is 0.257 e. The second kappa shape index (κ2) is 11.0. The number of thiocarbonyl (C=S) groups is 1. The Labute approximate surface area is 169 Å². The van der Waals surface area contributed by atoms with E-state index in [1.165, 1.54) is 0 Å². The molecule has 0 spiro atoms. The molecule has 148 valence electrons. The number of hydrogen-bond donors (Lipinski definition) is 3. The Bertz CT molecular complexity index is 807. The molecule has 0 saturated carbocycles. The van der Waals surface area contributed by atoms with Crippen LogP contribution in [0.25, 0.3) is 0 Å². The lowest BCUT2D eigenvalue weighted by molar-refractivity contribution is 0.0953. The Kier molecular flexibility index (Phi) is 8.38. The fourth-order valence-corrected chi connectivity index (χ4v) is 2.46. The third-order valence-electron chi connectivity index (χ3n) is 3.64. The topological polar surface area (TPSA) is 88.7 Å². The Balaban J connectivity index is 1.86. The predicted molar refractivity (Wildman–Crippen MR) is 112 cm³/mol. The Morgan fingerprint density at radius 3 is 2.14 bits per heavy atom. The average Bonchev–Trinajstić information content (AvgIpc) is 2.69. The molecule has 0 aromatic heterocycles. The van der Waals surface area contributed by atoms with Crippen LogP contribution in [0.5, 0.6) is 5.75 Å². The maximum atomic E-state index is 12.3. The molecule has 3 N–H and O–H groups in total. The number of carbonyl (C=O) groups is 2. The monoisotopic (exact) mass is 401 g/mol. The van der Waals surface area contributed by atoms with Crippen molar-refractivity contribution in [2.45, 2.75) is 6.92 Å². The van der Waals surface area contributed by atoms with Gasteiger partial charge < -0.3 is 20.1 Å².